The van der Waals surface area contributed by atoms with Crippen LogP contribution in [-0.4, -0.2) is 29.8 Å². The van der Waals surface area contributed by atoms with Crippen molar-refractivity contribution in [1.82, 2.24) is 14.9 Å². The smallest absolute Gasteiger partial charge is 0.244 e. The fourth-order valence-corrected chi connectivity index (χ4v) is 4.50. The lowest BCUT2D eigenvalue weighted by atomic mass is 10.1. The van der Waals surface area contributed by atoms with Gasteiger partial charge in [0.15, 0.2) is 0 Å². The number of aromatic nitrogens is 2. The van der Waals surface area contributed by atoms with Gasteiger partial charge in [0.05, 0.1) is 23.5 Å². The molecule has 1 aromatic heterocycles. The third-order valence-corrected chi connectivity index (χ3v) is 5.52. The second-order valence-electron chi connectivity index (χ2n) is 5.33. The Morgan fingerprint density at radius 2 is 2.05 bits per heavy atom. The van der Waals surface area contributed by atoms with Crippen LogP contribution in [0.1, 0.15) is 28.6 Å². The second kappa shape index (κ2) is 4.94. The molecule has 3 N–H and O–H groups in total. The number of H-pyrrole nitrogens is 1. The van der Waals surface area contributed by atoms with Gasteiger partial charge in [-0.25, -0.2) is 13.1 Å². The zero-order valence-corrected chi connectivity index (χ0v) is 12.6. The molecule has 1 aromatic carbocycles. The van der Waals surface area contributed by atoms with Gasteiger partial charge in [-0.1, -0.05) is 24.3 Å². The lowest BCUT2D eigenvalue weighted by Gasteiger charge is -2.18. The van der Waals surface area contributed by atoms with Gasteiger partial charge >= 0.3 is 0 Å². The Morgan fingerprint density at radius 1 is 1.33 bits per heavy atom. The minimum atomic E-state index is -3.74. The summed E-state index contributed by atoms with van der Waals surface area (Å²) in [5.74, 6) is 0. The maximum Gasteiger partial charge on any atom is 0.244 e. The molecule has 1 heterocycles. The van der Waals surface area contributed by atoms with Crippen molar-refractivity contribution in [3.8, 4) is 0 Å². The fraction of sp³-hybridized carbons (Fsp3) is 0.357. The standard InChI is InChI=1S/C14H17N3O3S/c1-8-14(9(2)16-15-8)21(19,20)17-13-11-6-4-3-5-10(11)7-12(13)18/h3-6,12-13,17-18H,7H2,1-2H3,(H,15,16)/t12-,13+/m1/s1. The lowest BCUT2D eigenvalue weighted by Crippen LogP contribution is -2.34. The molecule has 1 aliphatic rings. The molecule has 3 rings (SSSR count). The van der Waals surface area contributed by atoms with Crippen LogP contribution in [0.3, 0.4) is 0 Å². The molecule has 2 atom stereocenters. The molecule has 0 saturated heterocycles. The highest BCUT2D eigenvalue weighted by Gasteiger charge is 2.35. The largest absolute Gasteiger partial charge is 0.391 e. The molecule has 1 aliphatic carbocycles. The Labute approximate surface area is 123 Å². The van der Waals surface area contributed by atoms with E-state index in [4.69, 9.17) is 0 Å². The Bertz CT molecular complexity index is 763. The van der Waals surface area contributed by atoms with E-state index in [0.717, 1.165) is 11.1 Å². The van der Waals surface area contributed by atoms with Crippen LogP contribution in [0.2, 0.25) is 0 Å². The first-order valence-electron chi connectivity index (χ1n) is 6.70. The maximum absolute atomic E-state index is 12.6. The average molecular weight is 307 g/mol. The molecule has 6 nitrogen and oxygen atoms in total. The summed E-state index contributed by atoms with van der Waals surface area (Å²) in [5, 5.41) is 16.7. The number of nitrogens with one attached hydrogen (secondary N) is 2. The number of aliphatic hydroxyl groups is 1. The van der Waals surface area contributed by atoms with Crippen LogP contribution < -0.4 is 4.72 Å². The van der Waals surface area contributed by atoms with E-state index in [9.17, 15) is 13.5 Å². The fourth-order valence-electron chi connectivity index (χ4n) is 2.88. The van der Waals surface area contributed by atoms with Crippen LogP contribution in [0.4, 0.5) is 0 Å². The number of hydrogen-bond acceptors (Lipinski definition) is 4. The van der Waals surface area contributed by atoms with Crippen LogP contribution in [0, 0.1) is 13.8 Å². The van der Waals surface area contributed by atoms with Crippen LogP contribution in [-0.2, 0) is 16.4 Å². The van der Waals surface area contributed by atoms with Gasteiger partial charge in [0.1, 0.15) is 4.90 Å². The van der Waals surface area contributed by atoms with Gasteiger partial charge in [-0.05, 0) is 25.0 Å². The highest BCUT2D eigenvalue weighted by atomic mass is 32.2. The average Bonchev–Trinajstić information content (AvgIpc) is 2.91. The molecule has 0 saturated carbocycles. The van der Waals surface area contributed by atoms with Crippen LogP contribution >= 0.6 is 0 Å². The third-order valence-electron chi connectivity index (χ3n) is 3.82. The summed E-state index contributed by atoms with van der Waals surface area (Å²) >= 11 is 0. The van der Waals surface area contributed by atoms with Gasteiger partial charge in [-0.15, -0.1) is 0 Å². The molecule has 0 spiro atoms. The summed E-state index contributed by atoms with van der Waals surface area (Å²) in [6.45, 7) is 3.30. The van der Waals surface area contributed by atoms with Gasteiger partial charge in [-0.3, -0.25) is 5.10 Å². The monoisotopic (exact) mass is 307 g/mol. The Balaban J connectivity index is 1.97. The molecule has 0 amide bonds. The van der Waals surface area contributed by atoms with Crippen LogP contribution in [0.25, 0.3) is 0 Å². The number of aromatic amines is 1. The van der Waals surface area contributed by atoms with Crippen LogP contribution in [0.5, 0.6) is 0 Å². The SMILES string of the molecule is Cc1n[nH]c(C)c1S(=O)(=O)N[C@H]1c2ccccc2C[C@H]1O. The van der Waals surface area contributed by atoms with E-state index >= 15 is 0 Å². The van der Waals surface area contributed by atoms with Crippen LogP contribution in [0.15, 0.2) is 29.2 Å². The summed E-state index contributed by atoms with van der Waals surface area (Å²) in [6.07, 6.45) is -0.308. The molecular formula is C14H17N3O3S. The summed E-state index contributed by atoms with van der Waals surface area (Å²) in [6, 6.07) is 6.84. The summed E-state index contributed by atoms with van der Waals surface area (Å²) in [7, 11) is -3.74. The quantitative estimate of drug-likeness (QED) is 0.787. The van der Waals surface area contributed by atoms with E-state index in [-0.39, 0.29) is 4.90 Å². The summed E-state index contributed by atoms with van der Waals surface area (Å²) < 4.78 is 27.7. The van der Waals surface area contributed by atoms with E-state index < -0.39 is 22.2 Å². The van der Waals surface area contributed by atoms with E-state index in [0.29, 0.717) is 17.8 Å². The van der Waals surface area contributed by atoms with Gasteiger partial charge < -0.3 is 5.11 Å². The highest BCUT2D eigenvalue weighted by molar-refractivity contribution is 7.89. The van der Waals surface area contributed by atoms with Gasteiger partial charge in [0.25, 0.3) is 0 Å². The number of aliphatic hydroxyl groups excluding tert-OH is 1. The molecule has 0 fully saturated rings. The Hall–Kier alpha value is -1.70. The topological polar surface area (TPSA) is 95.1 Å². The van der Waals surface area contributed by atoms with E-state index in [1.807, 2.05) is 24.3 Å². The van der Waals surface area contributed by atoms with E-state index in [2.05, 4.69) is 14.9 Å². The minimum absolute atomic E-state index is 0.152. The number of rotatable bonds is 3. The van der Waals surface area contributed by atoms with Crippen molar-refractivity contribution in [2.45, 2.75) is 37.3 Å². The lowest BCUT2D eigenvalue weighted by molar-refractivity contribution is 0.151. The summed E-state index contributed by atoms with van der Waals surface area (Å²) in [5.41, 5.74) is 2.70. The van der Waals surface area contributed by atoms with Crippen molar-refractivity contribution in [3.05, 3.63) is 46.8 Å². The van der Waals surface area contributed by atoms with E-state index in [1.165, 1.54) is 0 Å². The maximum atomic E-state index is 12.6. The first kappa shape index (κ1) is 14.2. The molecule has 0 bridgehead atoms. The zero-order chi connectivity index (χ0) is 15.2. The first-order chi connectivity index (χ1) is 9.90. The van der Waals surface area contributed by atoms with Gasteiger partial charge in [-0.2, -0.15) is 5.10 Å². The number of nitrogens with zero attached hydrogens (tertiary/aromatic N) is 1. The van der Waals surface area contributed by atoms with E-state index in [1.54, 1.807) is 13.8 Å². The van der Waals surface area contributed by atoms with Crippen molar-refractivity contribution in [2.24, 2.45) is 0 Å². The van der Waals surface area contributed by atoms with Crippen molar-refractivity contribution in [3.63, 3.8) is 0 Å². The van der Waals surface area contributed by atoms with Crippen molar-refractivity contribution in [2.75, 3.05) is 0 Å². The number of hydrogen-bond donors (Lipinski definition) is 3. The molecule has 2 aromatic rings. The molecule has 112 valence electrons. The third kappa shape index (κ3) is 2.37. The minimum Gasteiger partial charge on any atom is -0.391 e. The van der Waals surface area contributed by atoms with Gasteiger partial charge in [0, 0.05) is 6.42 Å². The normalized spacial score (nSPS) is 21.5. The number of fused-ring (bicyclic) bond motifs is 1. The predicted molar refractivity (Wildman–Crippen MR) is 77.3 cm³/mol. The first-order valence-corrected chi connectivity index (χ1v) is 8.18. The number of aryl methyl sites for hydroxylation is 2. The summed E-state index contributed by atoms with van der Waals surface area (Å²) in [4.78, 5) is 0.152. The van der Waals surface area contributed by atoms with Crippen molar-refractivity contribution in [1.29, 1.82) is 0 Å². The molecule has 0 aliphatic heterocycles. The molecular weight excluding hydrogens is 290 g/mol. The Morgan fingerprint density at radius 3 is 2.71 bits per heavy atom. The van der Waals surface area contributed by atoms with Crippen molar-refractivity contribution < 1.29 is 13.5 Å². The highest BCUT2D eigenvalue weighted by Crippen LogP contribution is 2.33. The number of sulfonamides is 1. The Kier molecular flexibility index (Phi) is 3.35. The molecule has 0 radical (unpaired) electrons. The second-order valence-corrected chi connectivity index (χ2v) is 6.98. The molecule has 21 heavy (non-hydrogen) atoms. The number of benzene rings is 1. The predicted octanol–water partition coefficient (Wildman–Crippen LogP) is 0.963. The molecule has 7 heteroatoms. The van der Waals surface area contributed by atoms with Gasteiger partial charge in [0.2, 0.25) is 10.0 Å². The zero-order valence-electron chi connectivity index (χ0n) is 11.8. The molecule has 0 unspecified atom stereocenters. The van der Waals surface area contributed by atoms with Crippen molar-refractivity contribution >= 4 is 10.0 Å².